The van der Waals surface area contributed by atoms with E-state index < -0.39 is 8.07 Å². The van der Waals surface area contributed by atoms with Crippen LogP contribution in [0.3, 0.4) is 0 Å². The molecule has 0 atom stereocenters. The maximum atomic E-state index is 10.9. The van der Waals surface area contributed by atoms with Crippen molar-refractivity contribution in [2.45, 2.75) is 0 Å². The van der Waals surface area contributed by atoms with Gasteiger partial charge in [-0.15, -0.1) is 0 Å². The van der Waals surface area contributed by atoms with E-state index in [1.807, 2.05) is 60.7 Å². The van der Waals surface area contributed by atoms with Crippen molar-refractivity contribution in [2.24, 2.45) is 0 Å². The molecular formula is C44H29N3Si. The van der Waals surface area contributed by atoms with Gasteiger partial charge in [0.25, 0.3) is 0 Å². The average molecular weight is 628 g/mol. The van der Waals surface area contributed by atoms with Crippen LogP contribution in [0.1, 0.15) is 11.1 Å². The van der Waals surface area contributed by atoms with Crippen LogP contribution in [0.5, 0.6) is 0 Å². The van der Waals surface area contributed by atoms with Gasteiger partial charge in [0, 0.05) is 16.3 Å². The van der Waals surface area contributed by atoms with Gasteiger partial charge in [0.2, 0.25) is 0 Å². The Morgan fingerprint density at radius 1 is 0.458 bits per heavy atom. The van der Waals surface area contributed by atoms with Gasteiger partial charge < -0.3 is 4.57 Å². The predicted octanol–water partition coefficient (Wildman–Crippen LogP) is 7.57. The third-order valence-electron chi connectivity index (χ3n) is 9.45. The Hall–Kier alpha value is -6.46. The molecule has 8 aromatic rings. The summed E-state index contributed by atoms with van der Waals surface area (Å²) in [6.45, 7) is 0. The smallest absolute Gasteiger partial charge is 0.180 e. The van der Waals surface area contributed by atoms with E-state index >= 15 is 0 Å². The molecule has 1 heterocycles. The topological polar surface area (TPSA) is 52.5 Å². The molecule has 0 amide bonds. The number of nitriles is 2. The van der Waals surface area contributed by atoms with Crippen LogP contribution < -0.4 is 20.7 Å². The van der Waals surface area contributed by atoms with Crippen molar-refractivity contribution in [1.82, 2.24) is 4.57 Å². The van der Waals surface area contributed by atoms with Crippen LogP contribution >= 0.6 is 0 Å². The second kappa shape index (κ2) is 12.0. The van der Waals surface area contributed by atoms with E-state index in [-0.39, 0.29) is 0 Å². The molecule has 0 spiro atoms. The molecule has 0 unspecified atom stereocenters. The Bertz CT molecular complexity index is 2370. The van der Waals surface area contributed by atoms with E-state index in [9.17, 15) is 10.5 Å². The van der Waals surface area contributed by atoms with Crippen molar-refractivity contribution in [3.05, 3.63) is 187 Å². The zero-order valence-corrected chi connectivity index (χ0v) is 27.1. The zero-order chi connectivity index (χ0) is 32.5. The molecule has 48 heavy (non-hydrogen) atoms. The quantitative estimate of drug-likeness (QED) is 0.141. The molecule has 0 N–H and O–H groups in total. The number of rotatable bonds is 6. The second-order valence-corrected chi connectivity index (χ2v) is 15.7. The third kappa shape index (κ3) is 4.48. The summed E-state index contributed by atoms with van der Waals surface area (Å²) in [5.41, 5.74) is 5.90. The maximum Gasteiger partial charge on any atom is 0.180 e. The van der Waals surface area contributed by atoms with Crippen LogP contribution in [0.15, 0.2) is 176 Å². The number of hydrogen-bond donors (Lipinski definition) is 0. The minimum Gasteiger partial charge on any atom is -0.308 e. The van der Waals surface area contributed by atoms with Gasteiger partial charge in [0.15, 0.2) is 8.07 Å². The largest absolute Gasteiger partial charge is 0.308 e. The molecule has 0 radical (unpaired) electrons. The first-order valence-electron chi connectivity index (χ1n) is 16.0. The third-order valence-corrected chi connectivity index (χ3v) is 14.3. The lowest BCUT2D eigenvalue weighted by atomic mass is 9.97. The minimum atomic E-state index is -3.01. The van der Waals surface area contributed by atoms with Crippen molar-refractivity contribution in [3.8, 4) is 29.0 Å². The summed E-state index contributed by atoms with van der Waals surface area (Å²) in [6, 6.07) is 65.9. The number of nitrogens with zero attached hydrogens (tertiary/aromatic N) is 3. The summed E-state index contributed by atoms with van der Waals surface area (Å²) < 4.78 is 2.20. The van der Waals surface area contributed by atoms with E-state index in [1.165, 1.54) is 15.6 Å². The number of fused-ring (bicyclic) bond motifs is 3. The zero-order valence-electron chi connectivity index (χ0n) is 26.1. The molecule has 0 aliphatic rings. The Kier molecular flexibility index (Phi) is 7.27. The fourth-order valence-corrected chi connectivity index (χ4v) is 12.3. The van der Waals surface area contributed by atoms with Crippen molar-refractivity contribution in [2.75, 3.05) is 0 Å². The van der Waals surface area contributed by atoms with E-state index in [1.54, 1.807) is 0 Å². The monoisotopic (exact) mass is 627 g/mol. The molecule has 0 aliphatic carbocycles. The summed E-state index contributed by atoms with van der Waals surface area (Å²) in [7, 11) is -3.01. The lowest BCUT2D eigenvalue weighted by molar-refractivity contribution is 1.17. The van der Waals surface area contributed by atoms with Gasteiger partial charge in [-0.3, -0.25) is 0 Å². The average Bonchev–Trinajstić information content (AvgIpc) is 3.50. The number of aromatic nitrogens is 1. The highest BCUT2D eigenvalue weighted by molar-refractivity contribution is 7.20. The van der Waals surface area contributed by atoms with Crippen molar-refractivity contribution in [1.29, 1.82) is 10.5 Å². The fraction of sp³-hybridized carbons (Fsp3) is 0. The number of benzene rings is 7. The molecule has 0 saturated carbocycles. The van der Waals surface area contributed by atoms with Crippen LogP contribution in [0.4, 0.5) is 0 Å². The first kappa shape index (κ1) is 29.0. The highest BCUT2D eigenvalue weighted by Crippen LogP contribution is 2.35. The van der Waals surface area contributed by atoms with Gasteiger partial charge in [-0.2, -0.15) is 10.5 Å². The molecule has 224 valence electrons. The molecular weight excluding hydrogens is 599 g/mol. The van der Waals surface area contributed by atoms with Gasteiger partial charge in [0.05, 0.1) is 33.9 Å². The summed E-state index contributed by atoms with van der Waals surface area (Å²) in [5.74, 6) is 0. The molecule has 3 nitrogen and oxygen atoms in total. The molecule has 4 heteroatoms. The minimum absolute atomic E-state index is 0.589. The van der Waals surface area contributed by atoms with Crippen molar-refractivity contribution < 1.29 is 0 Å². The molecule has 0 aliphatic heterocycles. The highest BCUT2D eigenvalue weighted by Gasteiger charge is 2.43. The van der Waals surface area contributed by atoms with Gasteiger partial charge in [-0.25, -0.2) is 0 Å². The molecule has 0 fully saturated rings. The van der Waals surface area contributed by atoms with Crippen molar-refractivity contribution in [3.63, 3.8) is 0 Å². The lowest BCUT2D eigenvalue weighted by Gasteiger charge is -2.35. The summed E-state index contributed by atoms with van der Waals surface area (Å²) in [5, 5.41) is 28.4. The molecule has 0 bridgehead atoms. The van der Waals surface area contributed by atoms with Crippen molar-refractivity contribution >= 4 is 50.6 Å². The van der Waals surface area contributed by atoms with Crippen LogP contribution in [0.25, 0.3) is 38.6 Å². The SMILES string of the molecule is N#Cc1ccc(-c2cccc(-n3c4ccccc4c4ccccc43)c2C#N)cc1[Si](c1ccccc1)(c1ccccc1)c1ccccc1. The maximum absolute atomic E-state index is 10.9. The summed E-state index contributed by atoms with van der Waals surface area (Å²) >= 11 is 0. The predicted molar refractivity (Wildman–Crippen MR) is 199 cm³/mol. The Balaban J connectivity index is 1.44. The second-order valence-electron chi connectivity index (χ2n) is 11.9. The van der Waals surface area contributed by atoms with Crippen LogP contribution in [-0.4, -0.2) is 12.6 Å². The molecule has 7 aromatic carbocycles. The van der Waals surface area contributed by atoms with E-state index in [0.717, 1.165) is 43.8 Å². The summed E-state index contributed by atoms with van der Waals surface area (Å²) in [4.78, 5) is 0. The standard InChI is InChI=1S/C44H29N3Si/c45-30-33-28-27-32(29-44(33)48(34-15-4-1-5-16-34,35-17-6-2-7-18-35)36-19-8-3-9-20-36)37-23-14-26-43(40(37)31-46)47-41-24-12-10-21-38(41)39-22-11-13-25-42(39)47/h1-29H. The number of para-hydroxylation sites is 2. The van der Waals surface area contributed by atoms with Gasteiger partial charge in [-0.1, -0.05) is 152 Å². The Morgan fingerprint density at radius 3 is 1.46 bits per heavy atom. The first-order chi connectivity index (χ1) is 23.8. The molecule has 1 aromatic heterocycles. The number of hydrogen-bond acceptors (Lipinski definition) is 2. The van der Waals surface area contributed by atoms with Crippen LogP contribution in [0.2, 0.25) is 0 Å². The van der Waals surface area contributed by atoms with Gasteiger partial charge >= 0.3 is 0 Å². The normalized spacial score (nSPS) is 11.3. The van der Waals surface area contributed by atoms with Crippen LogP contribution in [0, 0.1) is 22.7 Å². The Labute approximate surface area is 280 Å². The molecule has 0 saturated heterocycles. The molecule has 8 rings (SSSR count). The van der Waals surface area contributed by atoms with E-state index in [0.29, 0.717) is 11.1 Å². The highest BCUT2D eigenvalue weighted by atomic mass is 28.3. The first-order valence-corrected chi connectivity index (χ1v) is 18.0. The van der Waals surface area contributed by atoms with Crippen LogP contribution in [-0.2, 0) is 0 Å². The lowest BCUT2D eigenvalue weighted by Crippen LogP contribution is -2.75. The summed E-state index contributed by atoms with van der Waals surface area (Å²) in [6.07, 6.45) is 0. The van der Waals surface area contributed by atoms with Gasteiger partial charge in [0.1, 0.15) is 6.07 Å². The van der Waals surface area contributed by atoms with Gasteiger partial charge in [-0.05, 0) is 50.6 Å². The fourth-order valence-electron chi connectivity index (χ4n) is 7.42. The Morgan fingerprint density at radius 2 is 0.958 bits per heavy atom. The van der Waals surface area contributed by atoms with E-state index in [2.05, 4.69) is 132 Å². The van der Waals surface area contributed by atoms with E-state index in [4.69, 9.17) is 0 Å².